The minimum atomic E-state index is -0.455. The van der Waals surface area contributed by atoms with Crippen molar-refractivity contribution in [3.8, 4) is 0 Å². The molecule has 0 unspecified atom stereocenters. The van der Waals surface area contributed by atoms with Gasteiger partial charge in [0.05, 0.1) is 13.1 Å². The van der Waals surface area contributed by atoms with Crippen molar-refractivity contribution in [2.75, 3.05) is 19.6 Å². The third kappa shape index (κ3) is 3.02. The Morgan fingerprint density at radius 1 is 1.39 bits per heavy atom. The zero-order chi connectivity index (χ0) is 15.9. The number of likely N-dealkylation sites (tertiary alicyclic amines) is 1. The number of aryl methyl sites for hydroxylation is 1. The molecule has 1 N–H and O–H groups in total. The number of carbonyl (C=O) groups is 2. The number of ether oxygens (including phenoxy) is 1. The van der Waals surface area contributed by atoms with Crippen molar-refractivity contribution in [3.05, 3.63) is 11.7 Å². The first-order valence-electron chi connectivity index (χ1n) is 8.21. The standard InChI is InChI=1S/C15H20N4O4/c20-12(19-8-15(9-19)6-7-16-14(21)22-15)3-1-2-11-17-13(18-23-11)10-4-5-10/h10H,1-9H2,(H,16,21). The number of rotatable bonds is 5. The van der Waals surface area contributed by atoms with Gasteiger partial charge in [0.2, 0.25) is 11.8 Å². The second-order valence-corrected chi connectivity index (χ2v) is 6.67. The van der Waals surface area contributed by atoms with Crippen LogP contribution in [0.15, 0.2) is 4.52 Å². The molecule has 1 aromatic rings. The molecule has 2 saturated heterocycles. The number of hydrogen-bond acceptors (Lipinski definition) is 6. The Balaban J connectivity index is 1.19. The van der Waals surface area contributed by atoms with E-state index in [9.17, 15) is 9.59 Å². The molecule has 2 amide bonds. The maximum atomic E-state index is 12.1. The summed E-state index contributed by atoms with van der Waals surface area (Å²) in [6.45, 7) is 1.62. The summed E-state index contributed by atoms with van der Waals surface area (Å²) < 4.78 is 10.5. The molecule has 8 nitrogen and oxygen atoms in total. The molecule has 0 radical (unpaired) electrons. The molecule has 4 rings (SSSR count). The average Bonchev–Trinajstić information content (AvgIpc) is 3.24. The van der Waals surface area contributed by atoms with Crippen molar-refractivity contribution in [1.29, 1.82) is 0 Å². The van der Waals surface area contributed by atoms with E-state index in [0.29, 0.717) is 50.7 Å². The number of hydrogen-bond donors (Lipinski definition) is 1. The van der Waals surface area contributed by atoms with Gasteiger partial charge in [-0.05, 0) is 19.3 Å². The number of nitrogens with one attached hydrogen (secondary N) is 1. The number of alkyl carbamates (subject to hydrolysis) is 1. The lowest BCUT2D eigenvalue weighted by Crippen LogP contribution is -2.68. The van der Waals surface area contributed by atoms with Gasteiger partial charge >= 0.3 is 6.09 Å². The fraction of sp³-hybridized carbons (Fsp3) is 0.733. The summed E-state index contributed by atoms with van der Waals surface area (Å²) in [7, 11) is 0. The highest BCUT2D eigenvalue weighted by molar-refractivity contribution is 5.78. The van der Waals surface area contributed by atoms with Gasteiger partial charge in [-0.1, -0.05) is 5.16 Å². The normalized spacial score (nSPS) is 22.4. The van der Waals surface area contributed by atoms with E-state index in [1.54, 1.807) is 4.90 Å². The summed E-state index contributed by atoms with van der Waals surface area (Å²) in [6, 6.07) is 0. The van der Waals surface area contributed by atoms with Gasteiger partial charge in [-0.15, -0.1) is 0 Å². The van der Waals surface area contributed by atoms with Crippen molar-refractivity contribution >= 4 is 12.0 Å². The minimum absolute atomic E-state index is 0.0899. The number of amides is 2. The molecule has 0 atom stereocenters. The molecule has 3 fully saturated rings. The van der Waals surface area contributed by atoms with E-state index in [-0.39, 0.29) is 12.0 Å². The quantitative estimate of drug-likeness (QED) is 0.868. The van der Waals surface area contributed by atoms with Crippen LogP contribution in [0, 0.1) is 0 Å². The van der Waals surface area contributed by atoms with Gasteiger partial charge < -0.3 is 19.5 Å². The molecule has 23 heavy (non-hydrogen) atoms. The summed E-state index contributed by atoms with van der Waals surface area (Å²) in [6.07, 6.45) is 4.44. The smallest absolute Gasteiger partial charge is 0.407 e. The van der Waals surface area contributed by atoms with Crippen molar-refractivity contribution < 1.29 is 18.8 Å². The van der Waals surface area contributed by atoms with E-state index < -0.39 is 5.60 Å². The Kier molecular flexibility index (Phi) is 3.46. The van der Waals surface area contributed by atoms with Gasteiger partial charge in [-0.25, -0.2) is 4.79 Å². The van der Waals surface area contributed by atoms with Gasteiger partial charge in [0.1, 0.15) is 0 Å². The summed E-state index contributed by atoms with van der Waals surface area (Å²) in [5.41, 5.74) is -0.455. The fourth-order valence-corrected chi connectivity index (χ4v) is 3.15. The molecule has 1 aromatic heterocycles. The first kappa shape index (κ1) is 14.5. The van der Waals surface area contributed by atoms with E-state index in [1.807, 2.05) is 0 Å². The molecule has 8 heteroatoms. The Morgan fingerprint density at radius 2 is 2.22 bits per heavy atom. The van der Waals surface area contributed by atoms with E-state index in [4.69, 9.17) is 9.26 Å². The lowest BCUT2D eigenvalue weighted by atomic mass is 9.88. The highest BCUT2D eigenvalue weighted by atomic mass is 16.6. The number of carbonyl (C=O) groups excluding carboxylic acids is 2. The van der Waals surface area contributed by atoms with E-state index in [2.05, 4.69) is 15.5 Å². The minimum Gasteiger partial charge on any atom is -0.439 e. The fourth-order valence-electron chi connectivity index (χ4n) is 3.15. The van der Waals surface area contributed by atoms with Crippen LogP contribution < -0.4 is 5.32 Å². The lowest BCUT2D eigenvalue weighted by molar-refractivity contribution is -0.159. The highest BCUT2D eigenvalue weighted by Gasteiger charge is 2.49. The predicted molar refractivity (Wildman–Crippen MR) is 77.6 cm³/mol. The zero-order valence-corrected chi connectivity index (χ0v) is 12.9. The maximum Gasteiger partial charge on any atom is 0.407 e. The molecule has 1 aliphatic carbocycles. The van der Waals surface area contributed by atoms with Crippen LogP contribution in [-0.4, -0.2) is 52.3 Å². The Morgan fingerprint density at radius 3 is 2.96 bits per heavy atom. The van der Waals surface area contributed by atoms with Crippen LogP contribution >= 0.6 is 0 Å². The van der Waals surface area contributed by atoms with Crippen LogP contribution in [0.2, 0.25) is 0 Å². The molecular formula is C15H20N4O4. The van der Waals surface area contributed by atoms with Crippen LogP contribution in [0.4, 0.5) is 4.79 Å². The van der Waals surface area contributed by atoms with E-state index >= 15 is 0 Å². The first-order chi connectivity index (χ1) is 11.1. The third-order valence-electron chi connectivity index (χ3n) is 4.68. The molecule has 2 aliphatic heterocycles. The van der Waals surface area contributed by atoms with E-state index in [0.717, 1.165) is 25.1 Å². The van der Waals surface area contributed by atoms with Crippen molar-refractivity contribution in [2.24, 2.45) is 0 Å². The predicted octanol–water partition coefficient (Wildman–Crippen LogP) is 0.981. The van der Waals surface area contributed by atoms with Gasteiger partial charge in [0.25, 0.3) is 0 Å². The Hall–Kier alpha value is -2.12. The molecule has 3 aliphatic rings. The molecule has 0 bridgehead atoms. The van der Waals surface area contributed by atoms with Crippen LogP contribution in [-0.2, 0) is 16.0 Å². The van der Waals surface area contributed by atoms with Crippen LogP contribution in [0.3, 0.4) is 0 Å². The van der Waals surface area contributed by atoms with E-state index in [1.165, 1.54) is 0 Å². The Bertz CT molecular complexity index is 619. The molecule has 1 saturated carbocycles. The van der Waals surface area contributed by atoms with Crippen molar-refractivity contribution in [2.45, 2.75) is 50.0 Å². The first-order valence-corrected chi connectivity index (χ1v) is 8.21. The summed E-state index contributed by atoms with van der Waals surface area (Å²) in [4.78, 5) is 29.5. The SMILES string of the molecule is O=C1NCCC2(CN(C(=O)CCCc3nc(C4CC4)no3)C2)O1. The van der Waals surface area contributed by atoms with Crippen LogP contribution in [0.25, 0.3) is 0 Å². The van der Waals surface area contributed by atoms with Crippen molar-refractivity contribution in [1.82, 2.24) is 20.4 Å². The highest BCUT2D eigenvalue weighted by Crippen LogP contribution is 2.38. The van der Waals surface area contributed by atoms with Crippen LogP contribution in [0.5, 0.6) is 0 Å². The topological polar surface area (TPSA) is 97.6 Å². The third-order valence-corrected chi connectivity index (χ3v) is 4.68. The van der Waals surface area contributed by atoms with Gasteiger partial charge in [-0.2, -0.15) is 4.98 Å². The summed E-state index contributed by atoms with van der Waals surface area (Å²) in [5.74, 6) is 2.00. The average molecular weight is 320 g/mol. The second kappa shape index (κ2) is 5.50. The van der Waals surface area contributed by atoms with Crippen LogP contribution in [0.1, 0.15) is 49.7 Å². The van der Waals surface area contributed by atoms with Crippen molar-refractivity contribution in [3.63, 3.8) is 0 Å². The monoisotopic (exact) mass is 320 g/mol. The molecule has 124 valence electrons. The second-order valence-electron chi connectivity index (χ2n) is 6.67. The summed E-state index contributed by atoms with van der Waals surface area (Å²) in [5, 5.41) is 6.59. The molecular weight excluding hydrogens is 300 g/mol. The Labute approximate surface area is 133 Å². The number of aromatic nitrogens is 2. The molecule has 1 spiro atoms. The maximum absolute atomic E-state index is 12.1. The van der Waals surface area contributed by atoms with Gasteiger partial charge in [0.15, 0.2) is 11.4 Å². The van der Waals surface area contributed by atoms with Gasteiger partial charge in [0, 0.05) is 31.7 Å². The molecule has 3 heterocycles. The lowest BCUT2D eigenvalue weighted by Gasteiger charge is -2.50. The number of nitrogens with zero attached hydrogens (tertiary/aromatic N) is 3. The largest absolute Gasteiger partial charge is 0.439 e. The summed E-state index contributed by atoms with van der Waals surface area (Å²) >= 11 is 0. The zero-order valence-electron chi connectivity index (χ0n) is 12.9. The molecule has 0 aromatic carbocycles. The van der Waals surface area contributed by atoms with Gasteiger partial charge in [-0.3, -0.25) is 4.79 Å².